The van der Waals surface area contributed by atoms with E-state index in [0.29, 0.717) is 16.6 Å². The van der Waals surface area contributed by atoms with Crippen LogP contribution >= 0.6 is 23.2 Å². The van der Waals surface area contributed by atoms with Crippen LogP contribution in [-0.2, 0) is 13.0 Å². The first-order valence-electron chi connectivity index (χ1n) is 5.48. The van der Waals surface area contributed by atoms with Crippen LogP contribution in [0.15, 0.2) is 36.5 Å². The Morgan fingerprint density at radius 1 is 1.12 bits per heavy atom. The molecular weight excluding hydrogens is 255 g/mol. The van der Waals surface area contributed by atoms with E-state index in [-0.39, 0.29) is 0 Å². The molecule has 0 amide bonds. The molecule has 0 aliphatic rings. The summed E-state index contributed by atoms with van der Waals surface area (Å²) in [4.78, 5) is 0. The standard InChI is InChI=1S/C13H14Cl2N2/c14-12-4-3-10(8-13(12)15)9-17-7-1-2-11(17)5-6-16/h1-4,7-8H,5-6,9,16H2. The maximum atomic E-state index is 5.99. The smallest absolute Gasteiger partial charge is 0.0595 e. The second-order valence-electron chi connectivity index (χ2n) is 3.91. The van der Waals surface area contributed by atoms with Gasteiger partial charge in [-0.15, -0.1) is 0 Å². The van der Waals surface area contributed by atoms with Gasteiger partial charge in [-0.2, -0.15) is 0 Å². The third kappa shape index (κ3) is 3.03. The van der Waals surface area contributed by atoms with Gasteiger partial charge >= 0.3 is 0 Å². The molecule has 4 heteroatoms. The zero-order chi connectivity index (χ0) is 12.3. The lowest BCUT2D eigenvalue weighted by Crippen LogP contribution is -2.09. The van der Waals surface area contributed by atoms with Gasteiger partial charge in [0.15, 0.2) is 0 Å². The Morgan fingerprint density at radius 2 is 1.94 bits per heavy atom. The first kappa shape index (κ1) is 12.5. The van der Waals surface area contributed by atoms with Crippen molar-refractivity contribution < 1.29 is 0 Å². The maximum Gasteiger partial charge on any atom is 0.0595 e. The van der Waals surface area contributed by atoms with Crippen LogP contribution < -0.4 is 5.73 Å². The van der Waals surface area contributed by atoms with Gasteiger partial charge in [-0.3, -0.25) is 0 Å². The molecule has 0 fully saturated rings. The fraction of sp³-hybridized carbons (Fsp3) is 0.231. The number of nitrogens with zero attached hydrogens (tertiary/aromatic N) is 1. The Kier molecular flexibility index (Phi) is 4.11. The zero-order valence-corrected chi connectivity index (χ0v) is 10.9. The molecule has 2 aromatic rings. The second kappa shape index (κ2) is 5.58. The van der Waals surface area contributed by atoms with Crippen LogP contribution in [0.25, 0.3) is 0 Å². The molecule has 1 aromatic carbocycles. The molecule has 17 heavy (non-hydrogen) atoms. The highest BCUT2D eigenvalue weighted by atomic mass is 35.5. The molecule has 0 unspecified atom stereocenters. The van der Waals surface area contributed by atoms with Crippen molar-refractivity contribution in [3.63, 3.8) is 0 Å². The second-order valence-corrected chi connectivity index (χ2v) is 4.73. The molecule has 0 bridgehead atoms. The van der Waals surface area contributed by atoms with Crippen LogP contribution in [0.4, 0.5) is 0 Å². The molecule has 0 aliphatic heterocycles. The van der Waals surface area contributed by atoms with Crippen molar-refractivity contribution in [2.24, 2.45) is 5.73 Å². The van der Waals surface area contributed by atoms with Gasteiger partial charge in [-0.25, -0.2) is 0 Å². The van der Waals surface area contributed by atoms with Crippen molar-refractivity contribution in [2.45, 2.75) is 13.0 Å². The summed E-state index contributed by atoms with van der Waals surface area (Å²) in [6.45, 7) is 1.45. The Labute approximate surface area is 111 Å². The van der Waals surface area contributed by atoms with E-state index >= 15 is 0 Å². The van der Waals surface area contributed by atoms with E-state index in [4.69, 9.17) is 28.9 Å². The summed E-state index contributed by atoms with van der Waals surface area (Å²) < 4.78 is 2.17. The third-order valence-corrected chi connectivity index (χ3v) is 3.40. The molecule has 0 atom stereocenters. The summed E-state index contributed by atoms with van der Waals surface area (Å²) in [6, 6.07) is 9.83. The van der Waals surface area contributed by atoms with Gasteiger partial charge in [0.05, 0.1) is 10.0 Å². The molecule has 0 spiro atoms. The predicted octanol–water partition coefficient (Wildman–Crippen LogP) is 3.34. The van der Waals surface area contributed by atoms with E-state index in [1.54, 1.807) is 0 Å². The van der Waals surface area contributed by atoms with Crippen molar-refractivity contribution >= 4 is 23.2 Å². The highest BCUT2D eigenvalue weighted by Crippen LogP contribution is 2.23. The van der Waals surface area contributed by atoms with Crippen LogP contribution in [0, 0.1) is 0 Å². The average Bonchev–Trinajstić information content (AvgIpc) is 2.72. The molecule has 0 radical (unpaired) electrons. The quantitative estimate of drug-likeness (QED) is 0.906. The van der Waals surface area contributed by atoms with Gasteiger partial charge in [0.1, 0.15) is 0 Å². The first-order chi connectivity index (χ1) is 8.20. The molecule has 0 aliphatic carbocycles. The normalized spacial score (nSPS) is 10.8. The summed E-state index contributed by atoms with van der Waals surface area (Å²) in [5, 5.41) is 1.18. The van der Waals surface area contributed by atoms with Crippen LogP contribution in [-0.4, -0.2) is 11.1 Å². The SMILES string of the molecule is NCCc1cccn1Cc1ccc(Cl)c(Cl)c1. The van der Waals surface area contributed by atoms with Gasteiger partial charge in [0.2, 0.25) is 0 Å². The van der Waals surface area contributed by atoms with E-state index < -0.39 is 0 Å². The van der Waals surface area contributed by atoms with Crippen LogP contribution in [0.5, 0.6) is 0 Å². The number of aromatic nitrogens is 1. The van der Waals surface area contributed by atoms with Crippen LogP contribution in [0.1, 0.15) is 11.3 Å². The molecule has 2 nitrogen and oxygen atoms in total. The van der Waals surface area contributed by atoms with E-state index in [1.807, 2.05) is 30.5 Å². The molecule has 2 N–H and O–H groups in total. The lowest BCUT2D eigenvalue weighted by Gasteiger charge is -2.09. The number of nitrogens with two attached hydrogens (primary N) is 1. The van der Waals surface area contributed by atoms with Crippen molar-refractivity contribution in [3.8, 4) is 0 Å². The molecule has 0 saturated carbocycles. The Morgan fingerprint density at radius 3 is 2.65 bits per heavy atom. The summed E-state index contributed by atoms with van der Waals surface area (Å²) in [6.07, 6.45) is 2.93. The van der Waals surface area contributed by atoms with Crippen molar-refractivity contribution in [1.82, 2.24) is 4.57 Å². The van der Waals surface area contributed by atoms with Crippen LogP contribution in [0.3, 0.4) is 0 Å². The summed E-state index contributed by atoms with van der Waals surface area (Å²) in [5.41, 5.74) is 7.94. The number of benzene rings is 1. The molecular formula is C13H14Cl2N2. The number of rotatable bonds is 4. The Hall–Kier alpha value is -0.960. The third-order valence-electron chi connectivity index (χ3n) is 2.66. The lowest BCUT2D eigenvalue weighted by atomic mass is 10.2. The Balaban J connectivity index is 2.19. The largest absolute Gasteiger partial charge is 0.347 e. The fourth-order valence-electron chi connectivity index (χ4n) is 1.81. The van der Waals surface area contributed by atoms with E-state index in [1.165, 1.54) is 5.69 Å². The molecule has 90 valence electrons. The average molecular weight is 269 g/mol. The van der Waals surface area contributed by atoms with E-state index in [9.17, 15) is 0 Å². The predicted molar refractivity (Wildman–Crippen MR) is 72.8 cm³/mol. The number of hydrogen-bond acceptors (Lipinski definition) is 1. The van der Waals surface area contributed by atoms with Crippen LogP contribution in [0.2, 0.25) is 10.0 Å². The number of hydrogen-bond donors (Lipinski definition) is 1. The molecule has 2 rings (SSSR count). The fourth-order valence-corrected chi connectivity index (χ4v) is 2.13. The van der Waals surface area contributed by atoms with Crippen molar-refractivity contribution in [3.05, 3.63) is 57.8 Å². The minimum Gasteiger partial charge on any atom is -0.347 e. The minimum absolute atomic E-state index is 0.588. The maximum absolute atomic E-state index is 5.99. The van der Waals surface area contributed by atoms with Gasteiger partial charge in [-0.05, 0) is 42.8 Å². The van der Waals surface area contributed by atoms with Gasteiger partial charge in [0.25, 0.3) is 0 Å². The number of halogens is 2. The van der Waals surface area contributed by atoms with E-state index in [2.05, 4.69) is 10.6 Å². The highest BCUT2D eigenvalue weighted by Gasteiger charge is 2.03. The van der Waals surface area contributed by atoms with Gasteiger partial charge in [0, 0.05) is 18.4 Å². The van der Waals surface area contributed by atoms with Gasteiger partial charge < -0.3 is 10.3 Å². The minimum atomic E-state index is 0.588. The monoisotopic (exact) mass is 268 g/mol. The van der Waals surface area contributed by atoms with Crippen molar-refractivity contribution in [2.75, 3.05) is 6.54 Å². The Bertz CT molecular complexity index is 506. The molecule has 1 aromatic heterocycles. The molecule has 1 heterocycles. The zero-order valence-electron chi connectivity index (χ0n) is 9.37. The summed E-state index contributed by atoms with van der Waals surface area (Å²) in [5.74, 6) is 0. The summed E-state index contributed by atoms with van der Waals surface area (Å²) in [7, 11) is 0. The molecule has 0 saturated heterocycles. The van der Waals surface area contributed by atoms with Gasteiger partial charge in [-0.1, -0.05) is 29.3 Å². The van der Waals surface area contributed by atoms with E-state index in [0.717, 1.165) is 18.5 Å². The summed E-state index contributed by atoms with van der Waals surface area (Å²) >= 11 is 11.9. The first-order valence-corrected chi connectivity index (χ1v) is 6.24. The highest BCUT2D eigenvalue weighted by molar-refractivity contribution is 6.42. The topological polar surface area (TPSA) is 30.9 Å². The lowest BCUT2D eigenvalue weighted by molar-refractivity contribution is 0.736. The van der Waals surface area contributed by atoms with Crippen molar-refractivity contribution in [1.29, 1.82) is 0 Å².